The first-order valence-electron chi connectivity index (χ1n) is 10.0. The summed E-state index contributed by atoms with van der Waals surface area (Å²) < 4.78 is 7.16. The van der Waals surface area contributed by atoms with Crippen LogP contribution in [0.4, 0.5) is 5.82 Å². The quantitative estimate of drug-likeness (QED) is 0.592. The van der Waals surface area contributed by atoms with Crippen molar-refractivity contribution in [3.05, 3.63) is 46.7 Å². The first-order valence-corrected chi connectivity index (χ1v) is 10.4. The Morgan fingerprint density at radius 1 is 1.28 bits per heavy atom. The van der Waals surface area contributed by atoms with Crippen LogP contribution in [0.5, 0.6) is 0 Å². The summed E-state index contributed by atoms with van der Waals surface area (Å²) in [6.07, 6.45) is 1.80. The van der Waals surface area contributed by atoms with Crippen molar-refractivity contribution >= 4 is 29.0 Å². The van der Waals surface area contributed by atoms with Gasteiger partial charge in [-0.2, -0.15) is 9.61 Å². The van der Waals surface area contributed by atoms with Crippen LogP contribution in [0.25, 0.3) is 16.8 Å². The molecule has 1 aromatic carbocycles. The maximum Gasteiger partial charge on any atom is 0.310 e. The fourth-order valence-corrected chi connectivity index (χ4v) is 4.17. The van der Waals surface area contributed by atoms with Gasteiger partial charge in [-0.1, -0.05) is 23.7 Å². The SMILES string of the molecule is CCOC(=O)[C@@H]1CCCN(c2cc(C)nc3c(-c4ccc(Cl)cc4)c(C)nn23)C1. The summed E-state index contributed by atoms with van der Waals surface area (Å²) in [5, 5.41) is 5.50. The van der Waals surface area contributed by atoms with Crippen LogP contribution in [0.1, 0.15) is 31.2 Å². The van der Waals surface area contributed by atoms with E-state index in [4.69, 9.17) is 26.4 Å². The Balaban J connectivity index is 1.77. The van der Waals surface area contributed by atoms with Crippen molar-refractivity contribution < 1.29 is 9.53 Å². The van der Waals surface area contributed by atoms with Crippen molar-refractivity contribution in [1.82, 2.24) is 14.6 Å². The Hall–Kier alpha value is -2.60. The third-order valence-corrected chi connectivity index (χ3v) is 5.62. The number of rotatable bonds is 4. The second-order valence-electron chi connectivity index (χ2n) is 7.50. The maximum atomic E-state index is 12.3. The van der Waals surface area contributed by atoms with Crippen LogP contribution in [-0.2, 0) is 9.53 Å². The topological polar surface area (TPSA) is 59.7 Å². The number of piperidine rings is 1. The molecule has 0 unspecified atom stereocenters. The Kier molecular flexibility index (Phi) is 5.46. The molecule has 0 N–H and O–H groups in total. The van der Waals surface area contributed by atoms with Crippen molar-refractivity contribution in [2.75, 3.05) is 24.6 Å². The molecule has 6 nitrogen and oxygen atoms in total. The van der Waals surface area contributed by atoms with E-state index in [9.17, 15) is 4.79 Å². The highest BCUT2D eigenvalue weighted by Gasteiger charge is 2.29. The number of fused-ring (bicyclic) bond motifs is 1. The molecule has 1 atom stereocenters. The number of aromatic nitrogens is 3. The highest BCUT2D eigenvalue weighted by Crippen LogP contribution is 2.32. The number of anilines is 1. The number of nitrogens with zero attached hydrogens (tertiary/aromatic N) is 4. The molecular formula is C22H25ClN4O2. The number of hydrogen-bond acceptors (Lipinski definition) is 5. The number of carbonyl (C=O) groups is 1. The van der Waals surface area contributed by atoms with Gasteiger partial charge in [0.25, 0.3) is 0 Å². The molecule has 2 aromatic heterocycles. The van der Waals surface area contributed by atoms with E-state index in [1.54, 1.807) is 0 Å². The zero-order valence-corrected chi connectivity index (χ0v) is 17.7. The molecule has 3 heterocycles. The van der Waals surface area contributed by atoms with E-state index in [1.807, 2.05) is 55.6 Å². The number of carbonyl (C=O) groups excluding carboxylic acids is 1. The molecule has 1 saturated heterocycles. The Labute approximate surface area is 175 Å². The van der Waals surface area contributed by atoms with Crippen molar-refractivity contribution in [3.8, 4) is 11.1 Å². The van der Waals surface area contributed by atoms with Crippen molar-refractivity contribution in [3.63, 3.8) is 0 Å². The summed E-state index contributed by atoms with van der Waals surface area (Å²) in [5.74, 6) is 0.738. The molecule has 3 aromatic rings. The van der Waals surface area contributed by atoms with E-state index < -0.39 is 0 Å². The van der Waals surface area contributed by atoms with Crippen LogP contribution < -0.4 is 4.90 Å². The molecule has 4 rings (SSSR count). The molecule has 29 heavy (non-hydrogen) atoms. The zero-order valence-electron chi connectivity index (χ0n) is 17.0. The molecule has 1 aliphatic rings. The lowest BCUT2D eigenvalue weighted by Crippen LogP contribution is -2.40. The third kappa shape index (κ3) is 3.81. The molecule has 0 radical (unpaired) electrons. The second-order valence-corrected chi connectivity index (χ2v) is 7.93. The van der Waals surface area contributed by atoms with E-state index in [-0.39, 0.29) is 11.9 Å². The fraction of sp³-hybridized carbons (Fsp3) is 0.409. The molecule has 0 aliphatic carbocycles. The molecule has 1 fully saturated rings. The summed E-state index contributed by atoms with van der Waals surface area (Å²) in [5.41, 5.74) is 4.68. The minimum Gasteiger partial charge on any atom is -0.466 e. The second kappa shape index (κ2) is 8.03. The predicted molar refractivity (Wildman–Crippen MR) is 114 cm³/mol. The highest BCUT2D eigenvalue weighted by molar-refractivity contribution is 6.30. The van der Waals surface area contributed by atoms with Gasteiger partial charge in [-0.3, -0.25) is 4.79 Å². The lowest BCUT2D eigenvalue weighted by molar-refractivity contribution is -0.148. The number of esters is 1. The Morgan fingerprint density at radius 3 is 2.76 bits per heavy atom. The zero-order chi connectivity index (χ0) is 20.5. The van der Waals surface area contributed by atoms with Crippen LogP contribution in [0, 0.1) is 19.8 Å². The standard InChI is InChI=1S/C22H25ClN4O2/c1-4-29-22(28)17-6-5-11-26(13-17)19-12-14(2)24-21-20(15(3)25-27(19)21)16-7-9-18(23)10-8-16/h7-10,12,17H,4-6,11,13H2,1-3H3/t17-/m1/s1. The van der Waals surface area contributed by atoms with Gasteiger partial charge < -0.3 is 9.64 Å². The van der Waals surface area contributed by atoms with E-state index >= 15 is 0 Å². The number of hydrogen-bond donors (Lipinski definition) is 0. The lowest BCUT2D eigenvalue weighted by Gasteiger charge is -2.33. The van der Waals surface area contributed by atoms with E-state index in [1.165, 1.54) is 0 Å². The average Bonchev–Trinajstić information content (AvgIpc) is 3.04. The monoisotopic (exact) mass is 412 g/mol. The number of aryl methyl sites for hydroxylation is 2. The van der Waals surface area contributed by atoms with Crippen LogP contribution >= 0.6 is 11.6 Å². The number of halogens is 1. The van der Waals surface area contributed by atoms with Crippen molar-refractivity contribution in [2.24, 2.45) is 5.92 Å². The van der Waals surface area contributed by atoms with Gasteiger partial charge in [0.2, 0.25) is 0 Å². The van der Waals surface area contributed by atoms with Gasteiger partial charge in [0.15, 0.2) is 5.65 Å². The first kappa shape index (κ1) is 19.7. The Bertz CT molecular complexity index is 1050. The minimum absolute atomic E-state index is 0.111. The average molecular weight is 413 g/mol. The van der Waals surface area contributed by atoms with Crippen molar-refractivity contribution in [1.29, 1.82) is 0 Å². The fourth-order valence-electron chi connectivity index (χ4n) is 4.04. The highest BCUT2D eigenvalue weighted by atomic mass is 35.5. The summed E-state index contributed by atoms with van der Waals surface area (Å²) in [4.78, 5) is 19.3. The van der Waals surface area contributed by atoms with Gasteiger partial charge in [0.05, 0.1) is 18.2 Å². The van der Waals surface area contributed by atoms with Crippen molar-refractivity contribution in [2.45, 2.75) is 33.6 Å². The van der Waals surface area contributed by atoms with Gasteiger partial charge in [-0.05, 0) is 51.3 Å². The lowest BCUT2D eigenvalue weighted by atomic mass is 9.98. The summed E-state index contributed by atoms with van der Waals surface area (Å²) in [6, 6.07) is 9.79. The molecule has 152 valence electrons. The van der Waals surface area contributed by atoms with Gasteiger partial charge in [0, 0.05) is 35.4 Å². The Morgan fingerprint density at radius 2 is 2.03 bits per heavy atom. The minimum atomic E-state index is -0.113. The summed E-state index contributed by atoms with van der Waals surface area (Å²) in [6.45, 7) is 7.76. The van der Waals surface area contributed by atoms with E-state index in [0.717, 1.165) is 53.4 Å². The van der Waals surface area contributed by atoms with Gasteiger partial charge in [-0.15, -0.1) is 0 Å². The molecule has 0 amide bonds. The van der Waals surface area contributed by atoms with E-state index in [2.05, 4.69) is 4.90 Å². The van der Waals surface area contributed by atoms with Gasteiger partial charge in [-0.25, -0.2) is 4.98 Å². The normalized spacial score (nSPS) is 17.0. The van der Waals surface area contributed by atoms with E-state index in [0.29, 0.717) is 18.2 Å². The van der Waals surface area contributed by atoms with Crippen LogP contribution in [0.3, 0.4) is 0 Å². The summed E-state index contributed by atoms with van der Waals surface area (Å²) in [7, 11) is 0. The molecule has 0 bridgehead atoms. The smallest absolute Gasteiger partial charge is 0.310 e. The largest absolute Gasteiger partial charge is 0.466 e. The molecule has 7 heteroatoms. The first-order chi connectivity index (χ1) is 14.0. The summed E-state index contributed by atoms with van der Waals surface area (Å²) >= 11 is 6.06. The molecule has 0 saturated carbocycles. The number of benzene rings is 1. The predicted octanol–water partition coefficient (Wildman–Crippen LogP) is 4.45. The van der Waals surface area contributed by atoms with Crippen LogP contribution in [-0.4, -0.2) is 40.3 Å². The van der Waals surface area contributed by atoms with Crippen LogP contribution in [0.2, 0.25) is 5.02 Å². The molecular weight excluding hydrogens is 388 g/mol. The number of ether oxygens (including phenoxy) is 1. The van der Waals surface area contributed by atoms with Crippen LogP contribution in [0.15, 0.2) is 30.3 Å². The molecule has 0 spiro atoms. The van der Waals surface area contributed by atoms with Gasteiger partial charge >= 0.3 is 5.97 Å². The maximum absolute atomic E-state index is 12.3. The molecule has 1 aliphatic heterocycles. The third-order valence-electron chi connectivity index (χ3n) is 5.37. The van der Waals surface area contributed by atoms with Gasteiger partial charge in [0.1, 0.15) is 5.82 Å².